The van der Waals surface area contributed by atoms with E-state index < -0.39 is 0 Å². The van der Waals surface area contributed by atoms with Gasteiger partial charge in [-0.15, -0.1) is 0 Å². The van der Waals surface area contributed by atoms with E-state index in [1.807, 2.05) is 50.2 Å². The second-order valence-electron chi connectivity index (χ2n) is 7.01. The Balaban J connectivity index is 1.65. The zero-order valence-corrected chi connectivity index (χ0v) is 14.9. The molecule has 26 heavy (non-hydrogen) atoms. The number of benzene rings is 1. The number of nitrogens with one attached hydrogen (secondary N) is 2. The smallest absolute Gasteiger partial charge is 0.253 e. The predicted octanol–water partition coefficient (Wildman–Crippen LogP) is 3.35. The number of fused-ring (bicyclic) bond motifs is 1. The molecule has 1 amide bonds. The highest BCUT2D eigenvalue weighted by Crippen LogP contribution is 2.40. The molecule has 2 heterocycles. The standard InChI is InChI=1S/C21H21N3O2/c1-12-9-13(2)23-21(26)17(12)11-22-20(25)16-10-19(14-7-8-14)24-18-6-4-3-5-15(16)18/h3-6,9-10,14H,7-8,11H2,1-2H3,(H,22,25)(H,23,26). The van der Waals surface area contributed by atoms with E-state index in [4.69, 9.17) is 4.98 Å². The van der Waals surface area contributed by atoms with Crippen molar-refractivity contribution < 1.29 is 4.79 Å². The van der Waals surface area contributed by atoms with Gasteiger partial charge in [0.25, 0.3) is 11.5 Å². The van der Waals surface area contributed by atoms with Gasteiger partial charge >= 0.3 is 0 Å². The number of rotatable bonds is 4. The summed E-state index contributed by atoms with van der Waals surface area (Å²) < 4.78 is 0. The summed E-state index contributed by atoms with van der Waals surface area (Å²) >= 11 is 0. The number of hydrogen-bond donors (Lipinski definition) is 2. The first-order valence-corrected chi connectivity index (χ1v) is 8.90. The van der Waals surface area contributed by atoms with Crippen LogP contribution in [0.15, 0.2) is 41.2 Å². The lowest BCUT2D eigenvalue weighted by Gasteiger charge is -2.11. The Morgan fingerprint density at radius 3 is 2.73 bits per heavy atom. The SMILES string of the molecule is Cc1cc(C)c(CNC(=O)c2cc(C3CC3)nc3ccccc23)c(=O)[nH]1. The number of aromatic nitrogens is 2. The molecule has 1 aromatic carbocycles. The van der Waals surface area contributed by atoms with Crippen molar-refractivity contribution in [1.82, 2.24) is 15.3 Å². The molecule has 0 aliphatic heterocycles. The molecule has 1 aliphatic rings. The normalized spacial score (nSPS) is 13.8. The third kappa shape index (κ3) is 3.12. The molecular formula is C21H21N3O2. The van der Waals surface area contributed by atoms with Crippen LogP contribution in [0.5, 0.6) is 0 Å². The molecule has 1 fully saturated rings. The maximum absolute atomic E-state index is 12.9. The van der Waals surface area contributed by atoms with Crippen LogP contribution in [-0.2, 0) is 6.54 Å². The van der Waals surface area contributed by atoms with E-state index in [9.17, 15) is 9.59 Å². The molecule has 2 N–H and O–H groups in total. The lowest BCUT2D eigenvalue weighted by molar-refractivity contribution is 0.0952. The number of carbonyl (C=O) groups excluding carboxylic acids is 1. The van der Waals surface area contributed by atoms with E-state index in [1.54, 1.807) is 0 Å². The molecule has 2 aromatic heterocycles. The van der Waals surface area contributed by atoms with Crippen LogP contribution in [0.1, 0.15) is 51.6 Å². The van der Waals surface area contributed by atoms with Gasteiger partial charge in [0.05, 0.1) is 11.1 Å². The second kappa shape index (κ2) is 6.41. The molecule has 4 rings (SSSR count). The van der Waals surface area contributed by atoms with Gasteiger partial charge in [-0.25, -0.2) is 0 Å². The van der Waals surface area contributed by atoms with Crippen LogP contribution >= 0.6 is 0 Å². The first-order valence-electron chi connectivity index (χ1n) is 8.90. The minimum absolute atomic E-state index is 0.152. The van der Waals surface area contributed by atoms with Crippen molar-refractivity contribution in [3.8, 4) is 0 Å². The van der Waals surface area contributed by atoms with Crippen LogP contribution in [0.2, 0.25) is 0 Å². The van der Waals surface area contributed by atoms with Crippen molar-refractivity contribution in [3.63, 3.8) is 0 Å². The summed E-state index contributed by atoms with van der Waals surface area (Å²) in [5.74, 6) is 0.290. The average Bonchev–Trinajstić information content (AvgIpc) is 3.44. The number of amides is 1. The van der Waals surface area contributed by atoms with E-state index >= 15 is 0 Å². The Morgan fingerprint density at radius 1 is 1.23 bits per heavy atom. The number of H-pyrrole nitrogens is 1. The molecule has 0 saturated heterocycles. The number of hydrogen-bond acceptors (Lipinski definition) is 3. The Bertz CT molecular complexity index is 1060. The molecule has 5 nitrogen and oxygen atoms in total. The van der Waals surface area contributed by atoms with Crippen LogP contribution in [0.25, 0.3) is 10.9 Å². The van der Waals surface area contributed by atoms with Gasteiger partial charge < -0.3 is 10.3 Å². The minimum Gasteiger partial charge on any atom is -0.348 e. The van der Waals surface area contributed by atoms with Crippen molar-refractivity contribution in [2.24, 2.45) is 0 Å². The van der Waals surface area contributed by atoms with E-state index in [0.29, 0.717) is 17.0 Å². The number of carbonyl (C=O) groups is 1. The quantitative estimate of drug-likeness (QED) is 0.760. The van der Waals surface area contributed by atoms with Gasteiger partial charge in [0.1, 0.15) is 0 Å². The van der Waals surface area contributed by atoms with E-state index in [1.165, 1.54) is 0 Å². The summed E-state index contributed by atoms with van der Waals surface area (Å²) in [7, 11) is 0. The van der Waals surface area contributed by atoms with Gasteiger partial charge in [0.2, 0.25) is 0 Å². The van der Waals surface area contributed by atoms with Crippen molar-refractivity contribution in [1.29, 1.82) is 0 Å². The van der Waals surface area contributed by atoms with Gasteiger partial charge in [-0.3, -0.25) is 14.6 Å². The van der Waals surface area contributed by atoms with E-state index in [-0.39, 0.29) is 18.0 Å². The van der Waals surface area contributed by atoms with Crippen molar-refractivity contribution in [2.45, 2.75) is 39.2 Å². The number of nitrogens with zero attached hydrogens (tertiary/aromatic N) is 1. The fourth-order valence-corrected chi connectivity index (χ4v) is 3.34. The van der Waals surface area contributed by atoms with Gasteiger partial charge in [0, 0.05) is 34.8 Å². The number of aromatic amines is 1. The highest BCUT2D eigenvalue weighted by atomic mass is 16.1. The van der Waals surface area contributed by atoms with Crippen molar-refractivity contribution in [2.75, 3.05) is 0 Å². The van der Waals surface area contributed by atoms with Crippen molar-refractivity contribution in [3.05, 3.63) is 74.8 Å². The molecule has 1 saturated carbocycles. The Morgan fingerprint density at radius 2 is 2.00 bits per heavy atom. The Kier molecular flexibility index (Phi) is 4.07. The fourth-order valence-electron chi connectivity index (χ4n) is 3.34. The third-order valence-corrected chi connectivity index (χ3v) is 4.90. The minimum atomic E-state index is -0.176. The molecule has 0 unspecified atom stereocenters. The van der Waals surface area contributed by atoms with Gasteiger partial charge in [-0.2, -0.15) is 0 Å². The summed E-state index contributed by atoms with van der Waals surface area (Å²) in [5, 5.41) is 3.75. The largest absolute Gasteiger partial charge is 0.348 e. The molecular weight excluding hydrogens is 326 g/mol. The maximum atomic E-state index is 12.9. The Labute approximate surface area is 151 Å². The maximum Gasteiger partial charge on any atom is 0.253 e. The monoisotopic (exact) mass is 347 g/mol. The van der Waals surface area contributed by atoms with Crippen LogP contribution in [0.4, 0.5) is 0 Å². The number of aryl methyl sites for hydroxylation is 2. The number of para-hydroxylation sites is 1. The number of pyridine rings is 2. The molecule has 3 aromatic rings. The van der Waals surface area contributed by atoms with Crippen LogP contribution < -0.4 is 10.9 Å². The summed E-state index contributed by atoms with van der Waals surface area (Å²) in [4.78, 5) is 32.5. The molecule has 0 spiro atoms. The fraction of sp³-hybridized carbons (Fsp3) is 0.286. The lowest BCUT2D eigenvalue weighted by Crippen LogP contribution is -2.28. The molecule has 5 heteroatoms. The van der Waals surface area contributed by atoms with Gasteiger partial charge in [-0.1, -0.05) is 18.2 Å². The highest BCUT2D eigenvalue weighted by molar-refractivity contribution is 6.06. The highest BCUT2D eigenvalue weighted by Gasteiger charge is 2.27. The molecule has 0 atom stereocenters. The topological polar surface area (TPSA) is 74.8 Å². The summed E-state index contributed by atoms with van der Waals surface area (Å²) in [6.07, 6.45) is 2.26. The first-order chi connectivity index (χ1) is 12.5. The Hall–Kier alpha value is -2.95. The first kappa shape index (κ1) is 16.5. The summed E-state index contributed by atoms with van der Waals surface area (Å²) in [6.45, 7) is 3.94. The predicted molar refractivity (Wildman–Crippen MR) is 101 cm³/mol. The second-order valence-corrected chi connectivity index (χ2v) is 7.01. The van der Waals surface area contributed by atoms with Gasteiger partial charge in [0.15, 0.2) is 0 Å². The molecule has 0 bridgehead atoms. The zero-order chi connectivity index (χ0) is 18.3. The van der Waals surface area contributed by atoms with Crippen LogP contribution in [0, 0.1) is 13.8 Å². The summed E-state index contributed by atoms with van der Waals surface area (Å²) in [5.41, 5.74) is 4.58. The molecule has 0 radical (unpaired) electrons. The van der Waals surface area contributed by atoms with Crippen molar-refractivity contribution >= 4 is 16.8 Å². The average molecular weight is 347 g/mol. The van der Waals surface area contributed by atoms with Gasteiger partial charge in [-0.05, 0) is 50.5 Å². The summed E-state index contributed by atoms with van der Waals surface area (Å²) in [6, 6.07) is 11.5. The zero-order valence-electron chi connectivity index (χ0n) is 14.9. The lowest BCUT2D eigenvalue weighted by atomic mass is 10.0. The molecule has 132 valence electrons. The third-order valence-electron chi connectivity index (χ3n) is 4.90. The molecule has 1 aliphatic carbocycles. The van der Waals surface area contributed by atoms with Crippen LogP contribution in [-0.4, -0.2) is 15.9 Å². The van der Waals surface area contributed by atoms with E-state index in [0.717, 1.165) is 40.7 Å². The van der Waals surface area contributed by atoms with E-state index in [2.05, 4.69) is 10.3 Å². The van der Waals surface area contributed by atoms with Crippen LogP contribution in [0.3, 0.4) is 0 Å².